The lowest BCUT2D eigenvalue weighted by atomic mass is 10.2. The van der Waals surface area contributed by atoms with Gasteiger partial charge in [-0.2, -0.15) is 5.10 Å². The van der Waals surface area contributed by atoms with Gasteiger partial charge in [0.15, 0.2) is 0 Å². The van der Waals surface area contributed by atoms with Crippen LogP contribution in [0.4, 0.5) is 0 Å². The summed E-state index contributed by atoms with van der Waals surface area (Å²) in [5.41, 5.74) is 11.0. The third kappa shape index (κ3) is 3.16. The van der Waals surface area contributed by atoms with Gasteiger partial charge in [-0.05, 0) is 12.1 Å². The van der Waals surface area contributed by atoms with E-state index in [1.165, 1.54) is 6.21 Å². The summed E-state index contributed by atoms with van der Waals surface area (Å²) in [5.74, 6) is 1.24. The molecule has 1 aromatic rings. The van der Waals surface area contributed by atoms with Crippen LogP contribution in [0.2, 0.25) is 0 Å². The largest absolute Gasteiger partial charge is 0.497 e. The molecule has 0 aromatic heterocycles. The maximum absolute atomic E-state index is 5.16. The smallest absolute Gasteiger partial charge is 0.211 e. The number of ether oxygens (including phenoxy) is 2. The highest BCUT2D eigenvalue weighted by molar-refractivity contribution is 5.85. The number of nitrogens with zero attached hydrogens (tertiary/aromatic N) is 2. The average molecular weight is 222 g/mol. The molecule has 6 nitrogen and oxygen atoms in total. The van der Waals surface area contributed by atoms with Crippen molar-refractivity contribution in [2.45, 2.75) is 0 Å². The number of nitrogens with two attached hydrogens (primary N) is 2. The van der Waals surface area contributed by atoms with Gasteiger partial charge in [-0.3, -0.25) is 0 Å². The highest BCUT2D eigenvalue weighted by Crippen LogP contribution is 2.22. The Bertz CT molecular complexity index is 411. The Morgan fingerprint density at radius 3 is 2.56 bits per heavy atom. The van der Waals surface area contributed by atoms with Crippen LogP contribution in [0, 0.1) is 0 Å². The minimum Gasteiger partial charge on any atom is -0.497 e. The molecule has 1 aromatic carbocycles. The van der Waals surface area contributed by atoms with Crippen LogP contribution in [-0.2, 0) is 0 Å². The van der Waals surface area contributed by atoms with Gasteiger partial charge in [0, 0.05) is 11.6 Å². The van der Waals surface area contributed by atoms with Crippen LogP contribution in [0.25, 0.3) is 0 Å². The molecule has 16 heavy (non-hydrogen) atoms. The quantitative estimate of drug-likeness (QED) is 0.435. The van der Waals surface area contributed by atoms with Crippen molar-refractivity contribution >= 4 is 12.2 Å². The third-order valence-corrected chi connectivity index (χ3v) is 1.81. The van der Waals surface area contributed by atoms with Crippen molar-refractivity contribution in [3.05, 3.63) is 23.8 Å². The first kappa shape index (κ1) is 11.8. The molecule has 1 rings (SSSR count). The first-order valence-corrected chi connectivity index (χ1v) is 4.51. The molecule has 0 heterocycles. The van der Waals surface area contributed by atoms with Crippen LogP contribution in [0.3, 0.4) is 0 Å². The lowest BCUT2D eigenvalue weighted by molar-refractivity contribution is 0.394. The Kier molecular flexibility index (Phi) is 4.14. The number of benzene rings is 1. The summed E-state index contributed by atoms with van der Waals surface area (Å²) >= 11 is 0. The molecule has 0 amide bonds. The van der Waals surface area contributed by atoms with Gasteiger partial charge in [-0.1, -0.05) is 0 Å². The van der Waals surface area contributed by atoms with Crippen LogP contribution >= 0.6 is 0 Å². The average Bonchev–Trinajstić information content (AvgIpc) is 2.29. The number of rotatable bonds is 4. The summed E-state index contributed by atoms with van der Waals surface area (Å²) in [6, 6.07) is 5.33. The van der Waals surface area contributed by atoms with E-state index in [4.69, 9.17) is 20.9 Å². The number of methoxy groups -OCH3 is 2. The van der Waals surface area contributed by atoms with E-state index in [2.05, 4.69) is 10.2 Å². The van der Waals surface area contributed by atoms with Crippen molar-refractivity contribution < 1.29 is 9.47 Å². The Morgan fingerprint density at radius 2 is 2.00 bits per heavy atom. The zero-order valence-electron chi connectivity index (χ0n) is 9.18. The molecule has 0 unspecified atom stereocenters. The molecule has 4 N–H and O–H groups in total. The number of hydrogen-bond donors (Lipinski definition) is 2. The van der Waals surface area contributed by atoms with Gasteiger partial charge in [-0.15, -0.1) is 5.10 Å². The molecule has 86 valence electrons. The standard InChI is InChI=1S/C10H14N4O2/c1-15-8-4-3-7(9(5-8)16-2)6-13-14-10(11)12/h3-6H,1-2H3,(H4,11,12,14)/b13-6-. The van der Waals surface area contributed by atoms with Crippen LogP contribution in [0.1, 0.15) is 5.56 Å². The zero-order valence-corrected chi connectivity index (χ0v) is 9.18. The van der Waals surface area contributed by atoms with Crippen molar-refractivity contribution in [2.24, 2.45) is 21.7 Å². The highest BCUT2D eigenvalue weighted by atomic mass is 16.5. The first-order valence-electron chi connectivity index (χ1n) is 4.51. The molecule has 0 aliphatic heterocycles. The van der Waals surface area contributed by atoms with Crippen LogP contribution < -0.4 is 20.9 Å². The third-order valence-electron chi connectivity index (χ3n) is 1.81. The fourth-order valence-electron chi connectivity index (χ4n) is 1.08. The SMILES string of the molecule is COc1ccc(/C=N\N=C(N)N)c(OC)c1. The molecule has 0 bridgehead atoms. The minimum absolute atomic E-state index is 0.0938. The Morgan fingerprint density at radius 1 is 1.25 bits per heavy atom. The van der Waals surface area contributed by atoms with E-state index in [1.54, 1.807) is 32.4 Å². The van der Waals surface area contributed by atoms with Gasteiger partial charge in [0.25, 0.3) is 0 Å². The second kappa shape index (κ2) is 5.59. The lowest BCUT2D eigenvalue weighted by Crippen LogP contribution is -2.21. The highest BCUT2D eigenvalue weighted by Gasteiger charge is 2.02. The van der Waals surface area contributed by atoms with E-state index in [1.807, 2.05) is 0 Å². The fraction of sp³-hybridized carbons (Fsp3) is 0.200. The molecular formula is C10H14N4O2. The van der Waals surface area contributed by atoms with Crippen LogP contribution in [-0.4, -0.2) is 26.4 Å². The molecule has 6 heteroatoms. The summed E-state index contributed by atoms with van der Waals surface area (Å²) in [7, 11) is 3.15. The number of hydrogen-bond acceptors (Lipinski definition) is 4. The summed E-state index contributed by atoms with van der Waals surface area (Å²) in [5, 5.41) is 7.19. The summed E-state index contributed by atoms with van der Waals surface area (Å²) in [6.07, 6.45) is 1.50. The maximum atomic E-state index is 5.16. The first-order chi connectivity index (χ1) is 7.67. The molecule has 0 radical (unpaired) electrons. The molecule has 0 fully saturated rings. The molecule has 0 saturated carbocycles. The maximum Gasteiger partial charge on any atom is 0.211 e. The molecular weight excluding hydrogens is 208 g/mol. The summed E-state index contributed by atoms with van der Waals surface area (Å²) < 4.78 is 10.2. The van der Waals surface area contributed by atoms with E-state index in [0.29, 0.717) is 11.5 Å². The molecule has 0 spiro atoms. The van der Waals surface area contributed by atoms with Crippen LogP contribution in [0.5, 0.6) is 11.5 Å². The monoisotopic (exact) mass is 222 g/mol. The Balaban J connectivity index is 2.96. The summed E-state index contributed by atoms with van der Waals surface area (Å²) in [6.45, 7) is 0. The van der Waals surface area contributed by atoms with Gasteiger partial charge >= 0.3 is 0 Å². The van der Waals surface area contributed by atoms with Crippen LogP contribution in [0.15, 0.2) is 28.4 Å². The van der Waals surface area contributed by atoms with Gasteiger partial charge in [0.05, 0.1) is 20.4 Å². The van der Waals surface area contributed by atoms with Crippen molar-refractivity contribution in [2.75, 3.05) is 14.2 Å². The Hall–Kier alpha value is -2.24. The zero-order chi connectivity index (χ0) is 12.0. The molecule has 0 atom stereocenters. The molecule has 0 aliphatic carbocycles. The number of guanidine groups is 1. The lowest BCUT2D eigenvalue weighted by Gasteiger charge is -2.06. The van der Waals surface area contributed by atoms with E-state index < -0.39 is 0 Å². The topological polar surface area (TPSA) is 95.2 Å². The van der Waals surface area contributed by atoms with Crippen molar-refractivity contribution in [1.82, 2.24) is 0 Å². The second-order valence-corrected chi connectivity index (χ2v) is 2.88. The van der Waals surface area contributed by atoms with Crippen molar-refractivity contribution in [3.8, 4) is 11.5 Å². The molecule has 0 saturated heterocycles. The van der Waals surface area contributed by atoms with E-state index in [-0.39, 0.29) is 5.96 Å². The van der Waals surface area contributed by atoms with Gasteiger partial charge < -0.3 is 20.9 Å². The van der Waals surface area contributed by atoms with Gasteiger partial charge in [0.1, 0.15) is 11.5 Å². The van der Waals surface area contributed by atoms with Gasteiger partial charge in [-0.25, -0.2) is 0 Å². The summed E-state index contributed by atoms with van der Waals surface area (Å²) in [4.78, 5) is 0. The predicted molar refractivity (Wildman–Crippen MR) is 62.9 cm³/mol. The predicted octanol–water partition coefficient (Wildman–Crippen LogP) is 0.311. The van der Waals surface area contributed by atoms with Gasteiger partial charge in [0.2, 0.25) is 5.96 Å². The van der Waals surface area contributed by atoms with E-state index >= 15 is 0 Å². The van der Waals surface area contributed by atoms with Crippen molar-refractivity contribution in [3.63, 3.8) is 0 Å². The molecule has 0 aliphatic rings. The fourth-order valence-corrected chi connectivity index (χ4v) is 1.08. The van der Waals surface area contributed by atoms with E-state index in [9.17, 15) is 0 Å². The Labute approximate surface area is 93.6 Å². The minimum atomic E-state index is -0.0938. The second-order valence-electron chi connectivity index (χ2n) is 2.88. The normalized spacial score (nSPS) is 10.1. The van der Waals surface area contributed by atoms with E-state index in [0.717, 1.165) is 5.56 Å². The van der Waals surface area contributed by atoms with Crippen molar-refractivity contribution in [1.29, 1.82) is 0 Å².